The van der Waals surface area contributed by atoms with E-state index in [2.05, 4.69) is 43.4 Å². The first-order valence-electron chi connectivity index (χ1n) is 9.27. The van der Waals surface area contributed by atoms with Crippen molar-refractivity contribution in [2.45, 2.75) is 25.8 Å². The molecule has 1 atom stereocenters. The molecule has 1 N–H and O–H groups in total. The Morgan fingerprint density at radius 3 is 2.25 bits per heavy atom. The van der Waals surface area contributed by atoms with Gasteiger partial charge in [-0.2, -0.15) is 0 Å². The average molecular weight is 396 g/mol. The highest BCUT2D eigenvalue weighted by Crippen LogP contribution is 2.28. The molecule has 146 valence electrons. The first-order valence-corrected chi connectivity index (χ1v) is 10.1. The molecule has 0 aliphatic carbocycles. The normalized spacial score (nSPS) is 11.9. The number of benzene rings is 2. The van der Waals surface area contributed by atoms with Crippen molar-refractivity contribution in [2.24, 2.45) is 0 Å². The first-order chi connectivity index (χ1) is 13.6. The minimum absolute atomic E-state index is 0.0771. The highest BCUT2D eigenvalue weighted by atomic mass is 32.1. The topological polar surface area (TPSA) is 47.6 Å². The predicted octanol–water partition coefficient (Wildman–Crippen LogP) is 5.16. The SMILES string of the molecule is COc1ccccc1OCC(=O)NC(c1ccc(C(C)C)cc1)c1cccs1. The number of amides is 1. The van der Waals surface area contributed by atoms with Gasteiger partial charge in [0.2, 0.25) is 0 Å². The Morgan fingerprint density at radius 2 is 1.64 bits per heavy atom. The standard InChI is InChI=1S/C23H25NO3S/c1-16(2)17-10-12-18(13-11-17)23(21-9-6-14-28-21)24-22(25)15-27-20-8-5-4-7-19(20)26-3/h4-14,16,23H,15H2,1-3H3,(H,24,25). The van der Waals surface area contributed by atoms with Crippen LogP contribution in [0.3, 0.4) is 0 Å². The lowest BCUT2D eigenvalue weighted by Gasteiger charge is -2.19. The van der Waals surface area contributed by atoms with Crippen LogP contribution in [-0.2, 0) is 4.79 Å². The molecule has 3 aromatic rings. The third kappa shape index (κ3) is 4.93. The fourth-order valence-corrected chi connectivity index (χ4v) is 3.73. The Labute approximate surface area is 170 Å². The zero-order valence-corrected chi connectivity index (χ0v) is 17.2. The molecule has 2 aromatic carbocycles. The fourth-order valence-electron chi connectivity index (χ4n) is 2.93. The second kappa shape index (κ2) is 9.42. The molecule has 0 saturated heterocycles. The van der Waals surface area contributed by atoms with E-state index in [4.69, 9.17) is 9.47 Å². The number of methoxy groups -OCH3 is 1. The van der Waals surface area contributed by atoms with Gasteiger partial charge in [-0.15, -0.1) is 11.3 Å². The molecule has 4 nitrogen and oxygen atoms in total. The average Bonchev–Trinajstić information content (AvgIpc) is 3.25. The Morgan fingerprint density at radius 1 is 0.964 bits per heavy atom. The van der Waals surface area contributed by atoms with Gasteiger partial charge in [-0.3, -0.25) is 4.79 Å². The molecular formula is C23H25NO3S. The van der Waals surface area contributed by atoms with Gasteiger partial charge in [-0.25, -0.2) is 0 Å². The molecule has 0 saturated carbocycles. The largest absolute Gasteiger partial charge is 0.493 e. The van der Waals surface area contributed by atoms with Crippen molar-refractivity contribution in [1.29, 1.82) is 0 Å². The van der Waals surface area contributed by atoms with Gasteiger partial charge in [0.05, 0.1) is 13.2 Å². The lowest BCUT2D eigenvalue weighted by atomic mass is 9.98. The van der Waals surface area contributed by atoms with Crippen LogP contribution in [0.2, 0.25) is 0 Å². The number of hydrogen-bond acceptors (Lipinski definition) is 4. The number of ether oxygens (including phenoxy) is 2. The first kappa shape index (κ1) is 20.0. The zero-order chi connectivity index (χ0) is 19.9. The van der Waals surface area contributed by atoms with Crippen LogP contribution in [0, 0.1) is 0 Å². The van der Waals surface area contributed by atoms with Gasteiger partial charge in [0, 0.05) is 4.88 Å². The molecule has 0 aliphatic heterocycles. The van der Waals surface area contributed by atoms with E-state index < -0.39 is 0 Å². The molecular weight excluding hydrogens is 370 g/mol. The highest BCUT2D eigenvalue weighted by molar-refractivity contribution is 7.10. The third-order valence-corrected chi connectivity index (χ3v) is 5.43. The van der Waals surface area contributed by atoms with Gasteiger partial charge in [0.1, 0.15) is 0 Å². The molecule has 1 heterocycles. The maximum absolute atomic E-state index is 12.6. The number of carbonyl (C=O) groups excluding carboxylic acids is 1. The summed E-state index contributed by atoms with van der Waals surface area (Å²) >= 11 is 1.62. The van der Waals surface area contributed by atoms with Crippen molar-refractivity contribution in [3.63, 3.8) is 0 Å². The maximum atomic E-state index is 12.6. The molecule has 0 aliphatic rings. The molecule has 1 unspecified atom stereocenters. The van der Waals surface area contributed by atoms with Crippen LogP contribution < -0.4 is 14.8 Å². The van der Waals surface area contributed by atoms with E-state index in [1.54, 1.807) is 30.6 Å². The van der Waals surface area contributed by atoms with Crippen molar-refractivity contribution >= 4 is 17.2 Å². The molecule has 28 heavy (non-hydrogen) atoms. The number of nitrogens with one attached hydrogen (secondary N) is 1. The predicted molar refractivity (Wildman–Crippen MR) is 113 cm³/mol. The Bertz CT molecular complexity index is 888. The summed E-state index contributed by atoms with van der Waals surface area (Å²) in [6.45, 7) is 4.26. The van der Waals surface area contributed by atoms with E-state index in [9.17, 15) is 4.79 Å². The van der Waals surface area contributed by atoms with Gasteiger partial charge >= 0.3 is 0 Å². The van der Waals surface area contributed by atoms with Crippen LogP contribution in [0.1, 0.15) is 41.8 Å². The monoisotopic (exact) mass is 395 g/mol. The Kier molecular flexibility index (Phi) is 6.71. The fraction of sp³-hybridized carbons (Fsp3) is 0.261. The second-order valence-electron chi connectivity index (χ2n) is 6.78. The van der Waals surface area contributed by atoms with Gasteiger partial charge in [-0.05, 0) is 40.6 Å². The summed E-state index contributed by atoms with van der Waals surface area (Å²) in [4.78, 5) is 13.7. The summed E-state index contributed by atoms with van der Waals surface area (Å²) in [5.41, 5.74) is 2.33. The van der Waals surface area contributed by atoms with Gasteiger partial charge in [0.15, 0.2) is 18.1 Å². The van der Waals surface area contributed by atoms with Crippen molar-refractivity contribution in [3.8, 4) is 11.5 Å². The smallest absolute Gasteiger partial charge is 0.258 e. The van der Waals surface area contributed by atoms with E-state index in [1.807, 2.05) is 29.6 Å². The number of hydrogen-bond donors (Lipinski definition) is 1. The van der Waals surface area contributed by atoms with Crippen LogP contribution in [-0.4, -0.2) is 19.6 Å². The summed E-state index contributed by atoms with van der Waals surface area (Å²) in [5, 5.41) is 5.11. The zero-order valence-electron chi connectivity index (χ0n) is 16.3. The summed E-state index contributed by atoms with van der Waals surface area (Å²) in [5.74, 6) is 1.44. The molecule has 1 amide bonds. The lowest BCUT2D eigenvalue weighted by Crippen LogP contribution is -2.33. The molecule has 0 fully saturated rings. The number of rotatable bonds is 8. The van der Waals surface area contributed by atoms with Crippen LogP contribution in [0.15, 0.2) is 66.0 Å². The van der Waals surface area contributed by atoms with Crippen LogP contribution in [0.5, 0.6) is 11.5 Å². The van der Waals surface area contributed by atoms with Crippen molar-refractivity contribution in [1.82, 2.24) is 5.32 Å². The minimum Gasteiger partial charge on any atom is -0.493 e. The molecule has 5 heteroatoms. The maximum Gasteiger partial charge on any atom is 0.258 e. The Balaban J connectivity index is 1.72. The lowest BCUT2D eigenvalue weighted by molar-refractivity contribution is -0.123. The van der Waals surface area contributed by atoms with E-state index in [-0.39, 0.29) is 18.6 Å². The van der Waals surface area contributed by atoms with Gasteiger partial charge in [0.25, 0.3) is 5.91 Å². The van der Waals surface area contributed by atoms with E-state index in [1.165, 1.54) is 5.56 Å². The summed E-state index contributed by atoms with van der Waals surface area (Å²) in [6.07, 6.45) is 0. The van der Waals surface area contributed by atoms with Crippen molar-refractivity contribution < 1.29 is 14.3 Å². The summed E-state index contributed by atoms with van der Waals surface area (Å²) < 4.78 is 10.9. The van der Waals surface area contributed by atoms with E-state index in [0.29, 0.717) is 17.4 Å². The third-order valence-electron chi connectivity index (χ3n) is 4.50. The van der Waals surface area contributed by atoms with Crippen molar-refractivity contribution in [2.75, 3.05) is 13.7 Å². The molecule has 1 aromatic heterocycles. The van der Waals surface area contributed by atoms with Gasteiger partial charge < -0.3 is 14.8 Å². The number of carbonyl (C=O) groups is 1. The minimum atomic E-state index is -0.199. The Hall–Kier alpha value is -2.79. The van der Waals surface area contributed by atoms with Gasteiger partial charge in [-0.1, -0.05) is 56.3 Å². The van der Waals surface area contributed by atoms with Crippen molar-refractivity contribution in [3.05, 3.63) is 82.0 Å². The van der Waals surface area contributed by atoms with Crippen LogP contribution in [0.4, 0.5) is 0 Å². The number of para-hydroxylation sites is 2. The van der Waals surface area contributed by atoms with E-state index >= 15 is 0 Å². The summed E-state index contributed by atoms with van der Waals surface area (Å²) in [7, 11) is 1.58. The highest BCUT2D eigenvalue weighted by Gasteiger charge is 2.19. The van der Waals surface area contributed by atoms with Crippen LogP contribution in [0.25, 0.3) is 0 Å². The molecule has 0 radical (unpaired) electrons. The molecule has 0 bridgehead atoms. The second-order valence-corrected chi connectivity index (χ2v) is 7.76. The molecule has 3 rings (SSSR count). The quantitative estimate of drug-likeness (QED) is 0.573. The summed E-state index contributed by atoms with van der Waals surface area (Å²) in [6, 6.07) is 19.5. The van der Waals surface area contributed by atoms with Crippen LogP contribution >= 0.6 is 11.3 Å². The number of thiophene rings is 1. The van der Waals surface area contributed by atoms with E-state index in [0.717, 1.165) is 10.4 Å². The molecule has 0 spiro atoms.